The van der Waals surface area contributed by atoms with Crippen molar-refractivity contribution in [2.24, 2.45) is 11.7 Å². The van der Waals surface area contributed by atoms with Crippen LogP contribution in [0.15, 0.2) is 24.3 Å². The highest BCUT2D eigenvalue weighted by Gasteiger charge is 2.42. The maximum atomic E-state index is 12.9. The summed E-state index contributed by atoms with van der Waals surface area (Å²) in [5, 5.41) is 0.574. The molecule has 0 aliphatic carbocycles. The molecule has 20 heavy (non-hydrogen) atoms. The summed E-state index contributed by atoms with van der Waals surface area (Å²) in [5.41, 5.74) is 6.65. The van der Waals surface area contributed by atoms with Gasteiger partial charge in [-0.05, 0) is 37.1 Å². The minimum absolute atomic E-state index is 0.0118. The molecule has 2 N–H and O–H groups in total. The van der Waals surface area contributed by atoms with Gasteiger partial charge in [-0.25, -0.2) is 0 Å². The van der Waals surface area contributed by atoms with E-state index in [0.717, 1.165) is 5.56 Å². The molecule has 6 heteroatoms. The molecule has 2 rings (SSSR count). The van der Waals surface area contributed by atoms with Gasteiger partial charge in [0.1, 0.15) is 0 Å². The van der Waals surface area contributed by atoms with Crippen LogP contribution >= 0.6 is 11.6 Å². The molecule has 1 heterocycles. The predicted molar refractivity (Wildman–Crippen MR) is 73.6 cm³/mol. The summed E-state index contributed by atoms with van der Waals surface area (Å²) in [6.45, 7) is 0.934. The number of likely N-dealkylation sites (tertiary alicyclic amines) is 1. The second-order valence-electron chi connectivity index (χ2n) is 5.18. The summed E-state index contributed by atoms with van der Waals surface area (Å²) in [6, 6.07) is 6.97. The van der Waals surface area contributed by atoms with Crippen molar-refractivity contribution in [1.29, 1.82) is 0 Å². The molecule has 1 aromatic carbocycles. The van der Waals surface area contributed by atoms with Gasteiger partial charge < -0.3 is 5.73 Å². The molecule has 2 atom stereocenters. The minimum Gasteiger partial charge on any atom is -0.329 e. The van der Waals surface area contributed by atoms with E-state index in [9.17, 15) is 13.2 Å². The number of rotatable bonds is 3. The molecule has 0 bridgehead atoms. The van der Waals surface area contributed by atoms with Crippen LogP contribution in [-0.4, -0.2) is 30.7 Å². The van der Waals surface area contributed by atoms with Crippen LogP contribution in [0.5, 0.6) is 0 Å². The first-order valence-electron chi connectivity index (χ1n) is 6.68. The highest BCUT2D eigenvalue weighted by molar-refractivity contribution is 6.30. The van der Waals surface area contributed by atoms with Crippen molar-refractivity contribution in [2.45, 2.75) is 25.1 Å². The number of hydrogen-bond donors (Lipinski definition) is 1. The van der Waals surface area contributed by atoms with Crippen LogP contribution in [0.1, 0.15) is 24.4 Å². The second-order valence-corrected chi connectivity index (χ2v) is 5.62. The summed E-state index contributed by atoms with van der Waals surface area (Å²) in [7, 11) is 0. The topological polar surface area (TPSA) is 29.3 Å². The maximum Gasteiger partial charge on any atom is 0.393 e. The number of hydrogen-bond acceptors (Lipinski definition) is 2. The van der Waals surface area contributed by atoms with E-state index in [1.54, 1.807) is 18.2 Å². The number of nitrogens with zero attached hydrogens (tertiary/aromatic N) is 1. The first kappa shape index (κ1) is 15.6. The van der Waals surface area contributed by atoms with Crippen molar-refractivity contribution in [2.75, 3.05) is 19.6 Å². The van der Waals surface area contributed by atoms with Gasteiger partial charge in [-0.1, -0.05) is 23.7 Å². The summed E-state index contributed by atoms with van der Waals surface area (Å²) < 4.78 is 38.6. The van der Waals surface area contributed by atoms with Gasteiger partial charge in [-0.3, -0.25) is 4.90 Å². The lowest BCUT2D eigenvalue weighted by atomic mass is 9.94. The number of nitrogens with two attached hydrogens (primary N) is 1. The standard InChI is InChI=1S/C14H18ClF3N2/c15-12-5-1-3-10(7-12)13(8-19)20-6-2-4-11(9-20)14(16,17)18/h1,3,5,7,11,13H,2,4,6,8-9,19H2. The molecule has 2 unspecified atom stereocenters. The third-order valence-electron chi connectivity index (χ3n) is 3.81. The van der Waals surface area contributed by atoms with Crippen LogP contribution < -0.4 is 5.73 Å². The fourth-order valence-electron chi connectivity index (χ4n) is 2.77. The van der Waals surface area contributed by atoms with Gasteiger partial charge in [-0.2, -0.15) is 13.2 Å². The van der Waals surface area contributed by atoms with Gasteiger partial charge >= 0.3 is 6.18 Å². The summed E-state index contributed by atoms with van der Waals surface area (Å²) in [4.78, 5) is 1.83. The summed E-state index contributed by atoms with van der Waals surface area (Å²) >= 11 is 5.95. The maximum absolute atomic E-state index is 12.9. The quantitative estimate of drug-likeness (QED) is 0.924. The number of benzene rings is 1. The van der Waals surface area contributed by atoms with E-state index in [4.69, 9.17) is 17.3 Å². The zero-order valence-corrected chi connectivity index (χ0v) is 11.8. The fourth-order valence-corrected chi connectivity index (χ4v) is 2.97. The van der Waals surface area contributed by atoms with Crippen LogP contribution in [0.2, 0.25) is 5.02 Å². The van der Waals surface area contributed by atoms with Crippen molar-refractivity contribution in [1.82, 2.24) is 4.90 Å². The Hall–Kier alpha value is -0.780. The first-order chi connectivity index (χ1) is 9.41. The third kappa shape index (κ3) is 3.65. The second kappa shape index (κ2) is 6.33. The molecular weight excluding hydrogens is 289 g/mol. The van der Waals surface area contributed by atoms with Gasteiger partial charge in [0.05, 0.1) is 5.92 Å². The van der Waals surface area contributed by atoms with Gasteiger partial charge in [-0.15, -0.1) is 0 Å². The SMILES string of the molecule is NCC(c1cccc(Cl)c1)N1CCCC(C(F)(F)F)C1. The molecule has 0 amide bonds. The van der Waals surface area contributed by atoms with E-state index in [-0.39, 0.29) is 25.6 Å². The van der Waals surface area contributed by atoms with E-state index in [2.05, 4.69) is 0 Å². The Bertz CT molecular complexity index is 450. The molecule has 1 aliphatic rings. The van der Waals surface area contributed by atoms with Crippen molar-refractivity contribution in [3.8, 4) is 0 Å². The molecule has 1 fully saturated rings. The Morgan fingerprint density at radius 2 is 2.15 bits per heavy atom. The predicted octanol–water partition coefficient (Wildman–Crippen LogP) is 3.61. The van der Waals surface area contributed by atoms with Gasteiger partial charge in [0.25, 0.3) is 0 Å². The average molecular weight is 307 g/mol. The first-order valence-corrected chi connectivity index (χ1v) is 7.06. The van der Waals surface area contributed by atoms with Gasteiger partial charge in [0.2, 0.25) is 0 Å². The Kier molecular flexibility index (Phi) is 4.94. The zero-order valence-electron chi connectivity index (χ0n) is 11.0. The molecule has 2 nitrogen and oxygen atoms in total. The van der Waals surface area contributed by atoms with Crippen LogP contribution in [0.3, 0.4) is 0 Å². The molecular formula is C14H18ClF3N2. The summed E-state index contributed by atoms with van der Waals surface area (Å²) in [6.07, 6.45) is -3.39. The molecule has 1 saturated heterocycles. The van der Waals surface area contributed by atoms with Crippen molar-refractivity contribution < 1.29 is 13.2 Å². The van der Waals surface area contributed by atoms with E-state index in [1.165, 1.54) is 0 Å². The highest BCUT2D eigenvalue weighted by Crippen LogP contribution is 2.36. The van der Waals surface area contributed by atoms with Crippen molar-refractivity contribution >= 4 is 11.6 Å². The van der Waals surface area contributed by atoms with E-state index in [1.807, 2.05) is 11.0 Å². The lowest BCUT2D eigenvalue weighted by Crippen LogP contribution is -2.45. The zero-order chi connectivity index (χ0) is 14.8. The van der Waals surface area contributed by atoms with Crippen LogP contribution in [0.25, 0.3) is 0 Å². The molecule has 0 radical (unpaired) electrons. The Labute approximate surface area is 121 Å². The van der Waals surface area contributed by atoms with Crippen molar-refractivity contribution in [3.63, 3.8) is 0 Å². The largest absolute Gasteiger partial charge is 0.393 e. The minimum atomic E-state index is -4.13. The molecule has 1 aromatic rings. The highest BCUT2D eigenvalue weighted by atomic mass is 35.5. The van der Waals surface area contributed by atoms with Crippen LogP contribution in [-0.2, 0) is 0 Å². The molecule has 0 aromatic heterocycles. The lowest BCUT2D eigenvalue weighted by Gasteiger charge is -2.38. The summed E-state index contributed by atoms with van der Waals surface area (Å²) in [5.74, 6) is -1.26. The number of piperidine rings is 1. The van der Waals surface area contributed by atoms with Crippen LogP contribution in [0.4, 0.5) is 13.2 Å². The number of alkyl halides is 3. The van der Waals surface area contributed by atoms with Gasteiger partial charge in [0.15, 0.2) is 0 Å². The Morgan fingerprint density at radius 1 is 1.40 bits per heavy atom. The van der Waals surface area contributed by atoms with E-state index >= 15 is 0 Å². The van der Waals surface area contributed by atoms with Gasteiger partial charge in [0, 0.05) is 24.2 Å². The van der Waals surface area contributed by atoms with E-state index in [0.29, 0.717) is 18.0 Å². The van der Waals surface area contributed by atoms with Crippen LogP contribution in [0, 0.1) is 5.92 Å². The monoisotopic (exact) mass is 306 g/mol. The molecule has 112 valence electrons. The number of halogens is 4. The molecule has 1 aliphatic heterocycles. The Morgan fingerprint density at radius 3 is 2.75 bits per heavy atom. The van der Waals surface area contributed by atoms with Crippen molar-refractivity contribution in [3.05, 3.63) is 34.9 Å². The molecule has 0 saturated carbocycles. The third-order valence-corrected chi connectivity index (χ3v) is 4.05. The average Bonchev–Trinajstić information content (AvgIpc) is 2.39. The Balaban J connectivity index is 2.15. The smallest absolute Gasteiger partial charge is 0.329 e. The van der Waals surface area contributed by atoms with E-state index < -0.39 is 12.1 Å². The lowest BCUT2D eigenvalue weighted by molar-refractivity contribution is -0.188. The fraction of sp³-hybridized carbons (Fsp3) is 0.571. The normalized spacial score (nSPS) is 22.8. The molecule has 0 spiro atoms.